The summed E-state index contributed by atoms with van der Waals surface area (Å²) in [6.45, 7) is 0.553. The summed E-state index contributed by atoms with van der Waals surface area (Å²) in [6.07, 6.45) is 2.15. The van der Waals surface area contributed by atoms with Crippen molar-refractivity contribution in [2.45, 2.75) is 25.8 Å². The molecule has 1 saturated carbocycles. The number of carboxylic acid groups (broad SMARTS) is 1. The summed E-state index contributed by atoms with van der Waals surface area (Å²) >= 11 is 5.77. The number of hydrogen-bond donors (Lipinski definition) is 3. The van der Waals surface area contributed by atoms with E-state index in [-0.39, 0.29) is 12.6 Å². The molecule has 2 rings (SSSR count). The number of nitrogens with one attached hydrogen (secondary N) is 2. The van der Waals surface area contributed by atoms with Gasteiger partial charge in [0, 0.05) is 18.1 Å². The van der Waals surface area contributed by atoms with E-state index in [1.807, 2.05) is 12.1 Å². The molecule has 1 fully saturated rings. The lowest BCUT2D eigenvalue weighted by Gasteiger charge is -2.37. The van der Waals surface area contributed by atoms with Gasteiger partial charge in [-0.1, -0.05) is 30.2 Å². The second-order valence-electron chi connectivity index (χ2n) is 5.10. The van der Waals surface area contributed by atoms with Crippen molar-refractivity contribution < 1.29 is 14.7 Å². The molecule has 0 heterocycles. The van der Waals surface area contributed by atoms with Crippen molar-refractivity contribution in [2.75, 3.05) is 6.54 Å². The van der Waals surface area contributed by atoms with Crippen molar-refractivity contribution in [1.29, 1.82) is 0 Å². The fourth-order valence-corrected chi connectivity index (χ4v) is 2.29. The van der Waals surface area contributed by atoms with Crippen LogP contribution in [0.4, 0.5) is 4.79 Å². The van der Waals surface area contributed by atoms with E-state index in [0.29, 0.717) is 24.4 Å². The van der Waals surface area contributed by atoms with Crippen LogP contribution in [0.1, 0.15) is 24.8 Å². The van der Waals surface area contributed by atoms with E-state index in [9.17, 15) is 9.59 Å². The van der Waals surface area contributed by atoms with E-state index in [4.69, 9.17) is 16.7 Å². The summed E-state index contributed by atoms with van der Waals surface area (Å²) in [5.41, 5.74) is 0.165. The molecule has 108 valence electrons. The van der Waals surface area contributed by atoms with Crippen LogP contribution >= 0.6 is 11.6 Å². The summed E-state index contributed by atoms with van der Waals surface area (Å²) in [6, 6.07) is 6.81. The van der Waals surface area contributed by atoms with E-state index < -0.39 is 11.4 Å². The summed E-state index contributed by atoms with van der Waals surface area (Å²) in [5.74, 6) is -0.832. The van der Waals surface area contributed by atoms with E-state index in [1.54, 1.807) is 12.1 Å². The number of benzene rings is 1. The number of rotatable bonds is 5. The molecule has 20 heavy (non-hydrogen) atoms. The van der Waals surface area contributed by atoms with E-state index in [0.717, 1.165) is 12.0 Å². The van der Waals surface area contributed by atoms with Gasteiger partial charge in [0.1, 0.15) is 0 Å². The quantitative estimate of drug-likeness (QED) is 0.780. The van der Waals surface area contributed by atoms with Crippen LogP contribution in [0.3, 0.4) is 0 Å². The van der Waals surface area contributed by atoms with Gasteiger partial charge < -0.3 is 15.7 Å². The lowest BCUT2D eigenvalue weighted by atomic mass is 9.69. The number of carboxylic acids is 1. The summed E-state index contributed by atoms with van der Waals surface area (Å²) < 4.78 is 0. The molecular weight excluding hydrogens is 280 g/mol. The van der Waals surface area contributed by atoms with Crippen molar-refractivity contribution in [2.24, 2.45) is 5.41 Å². The minimum atomic E-state index is -0.832. The third-order valence-corrected chi connectivity index (χ3v) is 3.97. The van der Waals surface area contributed by atoms with Gasteiger partial charge in [0.2, 0.25) is 0 Å². The predicted molar refractivity (Wildman–Crippen MR) is 75.6 cm³/mol. The van der Waals surface area contributed by atoms with Crippen LogP contribution in [0.5, 0.6) is 0 Å². The first kappa shape index (κ1) is 14.7. The van der Waals surface area contributed by atoms with Gasteiger partial charge in [0.25, 0.3) is 0 Å². The molecular formula is C14H17ClN2O3. The van der Waals surface area contributed by atoms with Gasteiger partial charge in [0.05, 0.1) is 5.41 Å². The van der Waals surface area contributed by atoms with Crippen LogP contribution in [0.15, 0.2) is 24.3 Å². The zero-order valence-corrected chi connectivity index (χ0v) is 11.7. The first-order chi connectivity index (χ1) is 9.52. The van der Waals surface area contributed by atoms with Crippen LogP contribution in [0, 0.1) is 5.41 Å². The normalized spacial score (nSPS) is 16.1. The number of carbonyl (C=O) groups is 2. The van der Waals surface area contributed by atoms with Crippen LogP contribution in [-0.4, -0.2) is 23.7 Å². The molecule has 3 N–H and O–H groups in total. The second kappa shape index (κ2) is 6.13. The predicted octanol–water partition coefficient (Wildman–Crippen LogP) is 2.39. The molecule has 1 aromatic carbocycles. The number of hydrogen-bond acceptors (Lipinski definition) is 2. The van der Waals surface area contributed by atoms with Crippen molar-refractivity contribution in [3.63, 3.8) is 0 Å². The monoisotopic (exact) mass is 296 g/mol. The topological polar surface area (TPSA) is 78.4 Å². The van der Waals surface area contributed by atoms with Gasteiger partial charge in [-0.2, -0.15) is 0 Å². The highest BCUT2D eigenvalue weighted by Crippen LogP contribution is 2.40. The zero-order valence-electron chi connectivity index (χ0n) is 11.0. The van der Waals surface area contributed by atoms with Crippen molar-refractivity contribution in [1.82, 2.24) is 10.6 Å². The molecule has 2 amide bonds. The number of halogens is 1. The van der Waals surface area contributed by atoms with Crippen molar-refractivity contribution >= 4 is 23.6 Å². The Morgan fingerprint density at radius 2 is 1.85 bits per heavy atom. The highest BCUT2D eigenvalue weighted by molar-refractivity contribution is 6.30. The smallest absolute Gasteiger partial charge is 0.315 e. The lowest BCUT2D eigenvalue weighted by Crippen LogP contribution is -2.49. The Morgan fingerprint density at radius 1 is 1.20 bits per heavy atom. The summed E-state index contributed by atoms with van der Waals surface area (Å²) in [4.78, 5) is 22.8. The average Bonchev–Trinajstić information content (AvgIpc) is 2.36. The van der Waals surface area contributed by atoms with Crippen LogP contribution in [0.25, 0.3) is 0 Å². The van der Waals surface area contributed by atoms with Gasteiger partial charge in [-0.3, -0.25) is 4.79 Å². The SMILES string of the molecule is O=C(NCc1ccc(Cl)cc1)NCC1(C(=O)O)CCC1. The maximum atomic E-state index is 11.7. The van der Waals surface area contributed by atoms with E-state index in [1.165, 1.54) is 0 Å². The van der Waals surface area contributed by atoms with Gasteiger partial charge in [0.15, 0.2) is 0 Å². The Morgan fingerprint density at radius 3 is 2.35 bits per heavy atom. The van der Waals surface area contributed by atoms with Crippen molar-refractivity contribution in [3.8, 4) is 0 Å². The molecule has 0 saturated heterocycles. The Hall–Kier alpha value is -1.75. The molecule has 1 aromatic rings. The third-order valence-electron chi connectivity index (χ3n) is 3.72. The molecule has 1 aliphatic carbocycles. The van der Waals surface area contributed by atoms with Gasteiger partial charge in [-0.15, -0.1) is 0 Å². The number of urea groups is 1. The number of carbonyl (C=O) groups excluding carboxylic acids is 1. The largest absolute Gasteiger partial charge is 0.481 e. The van der Waals surface area contributed by atoms with E-state index in [2.05, 4.69) is 10.6 Å². The Kier molecular flexibility index (Phi) is 4.49. The van der Waals surface area contributed by atoms with Crippen LogP contribution in [0.2, 0.25) is 5.02 Å². The zero-order chi connectivity index (χ0) is 14.6. The Balaban J connectivity index is 1.75. The van der Waals surface area contributed by atoms with E-state index >= 15 is 0 Å². The molecule has 0 atom stereocenters. The van der Waals surface area contributed by atoms with Crippen molar-refractivity contribution in [3.05, 3.63) is 34.9 Å². The standard InChI is InChI=1S/C14H17ClN2O3/c15-11-4-2-10(3-5-11)8-16-13(20)17-9-14(12(18)19)6-1-7-14/h2-5H,1,6-9H2,(H,18,19)(H2,16,17,20). The van der Waals surface area contributed by atoms with Crippen LogP contribution in [-0.2, 0) is 11.3 Å². The molecule has 1 aliphatic rings. The number of aliphatic carboxylic acids is 1. The molecule has 6 heteroatoms. The minimum absolute atomic E-state index is 0.175. The molecule has 0 aromatic heterocycles. The Bertz CT molecular complexity index is 498. The third kappa shape index (κ3) is 3.42. The first-order valence-corrected chi connectivity index (χ1v) is 6.89. The molecule has 0 unspecified atom stereocenters. The Labute approximate surface area is 122 Å². The fraction of sp³-hybridized carbons (Fsp3) is 0.429. The summed E-state index contributed by atoms with van der Waals surface area (Å²) in [7, 11) is 0. The maximum absolute atomic E-state index is 11.7. The molecule has 5 nitrogen and oxygen atoms in total. The molecule has 0 aliphatic heterocycles. The average molecular weight is 297 g/mol. The van der Waals surface area contributed by atoms with Gasteiger partial charge in [-0.05, 0) is 30.5 Å². The fourth-order valence-electron chi connectivity index (χ4n) is 2.17. The van der Waals surface area contributed by atoms with Gasteiger partial charge >= 0.3 is 12.0 Å². The second-order valence-corrected chi connectivity index (χ2v) is 5.54. The van der Waals surface area contributed by atoms with Gasteiger partial charge in [-0.25, -0.2) is 4.79 Å². The maximum Gasteiger partial charge on any atom is 0.315 e. The lowest BCUT2D eigenvalue weighted by molar-refractivity contribution is -0.153. The minimum Gasteiger partial charge on any atom is -0.481 e. The van der Waals surface area contributed by atoms with Crippen LogP contribution < -0.4 is 10.6 Å². The molecule has 0 bridgehead atoms. The molecule has 0 spiro atoms. The summed E-state index contributed by atoms with van der Waals surface area (Å²) in [5, 5.41) is 15.1. The molecule has 0 radical (unpaired) electrons. The first-order valence-electron chi connectivity index (χ1n) is 6.51. The highest BCUT2D eigenvalue weighted by Gasteiger charge is 2.44. The number of amides is 2. The highest BCUT2D eigenvalue weighted by atomic mass is 35.5.